The summed E-state index contributed by atoms with van der Waals surface area (Å²) in [5, 5.41) is 0. The highest BCUT2D eigenvalue weighted by Gasteiger charge is 2.36. The Kier molecular flexibility index (Phi) is 2.10. The van der Waals surface area contributed by atoms with E-state index in [-0.39, 0.29) is 0 Å². The monoisotopic (exact) mass is 165 g/mol. The Morgan fingerprint density at radius 1 is 1.40 bits per heavy atom. The second-order valence-corrected chi connectivity index (χ2v) is 5.21. The van der Waals surface area contributed by atoms with Gasteiger partial charge in [0.05, 0.1) is 0 Å². The van der Waals surface area contributed by atoms with Gasteiger partial charge in [-0.3, -0.25) is 4.79 Å². The van der Waals surface area contributed by atoms with Crippen molar-refractivity contribution >= 4 is 15.7 Å². The van der Waals surface area contributed by atoms with Gasteiger partial charge in [0.1, 0.15) is 4.75 Å². The Morgan fingerprint density at radius 3 is 1.70 bits per heavy atom. The lowest BCUT2D eigenvalue weighted by Gasteiger charge is -2.16. The molecule has 0 saturated carbocycles. The van der Waals surface area contributed by atoms with Gasteiger partial charge in [0.2, 0.25) is 5.91 Å². The third-order valence-electron chi connectivity index (χ3n) is 1.52. The molecule has 0 unspecified atom stereocenters. The van der Waals surface area contributed by atoms with E-state index in [4.69, 9.17) is 5.73 Å². The minimum absolute atomic E-state index is 0.824. The fourth-order valence-electron chi connectivity index (χ4n) is 0.183. The maximum Gasteiger partial charge on any atom is 0.238 e. The minimum atomic E-state index is -3.38. The molecule has 0 atom stereocenters. The van der Waals surface area contributed by atoms with Crippen LogP contribution >= 0.6 is 0 Å². The van der Waals surface area contributed by atoms with Crippen molar-refractivity contribution in [3.05, 3.63) is 0 Å². The highest BCUT2D eigenvalue weighted by atomic mass is 32.2. The Hall–Kier alpha value is -0.580. The number of carbonyl (C=O) groups is 1. The molecule has 0 aromatic carbocycles. The molecule has 5 heteroatoms. The van der Waals surface area contributed by atoms with Gasteiger partial charge < -0.3 is 5.73 Å². The number of primary amides is 1. The molecular weight excluding hydrogens is 154 g/mol. The van der Waals surface area contributed by atoms with Gasteiger partial charge >= 0.3 is 0 Å². The molecule has 60 valence electrons. The first kappa shape index (κ1) is 9.42. The van der Waals surface area contributed by atoms with Crippen LogP contribution in [0.3, 0.4) is 0 Å². The molecule has 10 heavy (non-hydrogen) atoms. The summed E-state index contributed by atoms with van der Waals surface area (Å²) in [6.45, 7) is 2.56. The number of hydrogen-bond donors (Lipinski definition) is 1. The number of rotatable bonds is 2. The normalized spacial score (nSPS) is 13.1. The Balaban J connectivity index is 4.95. The lowest BCUT2D eigenvalue weighted by Crippen LogP contribution is -2.44. The topological polar surface area (TPSA) is 77.2 Å². The molecule has 2 N–H and O–H groups in total. The van der Waals surface area contributed by atoms with Crippen molar-refractivity contribution in [2.75, 3.05) is 6.26 Å². The van der Waals surface area contributed by atoms with Crippen molar-refractivity contribution in [3.8, 4) is 0 Å². The zero-order chi connectivity index (χ0) is 8.58. The van der Waals surface area contributed by atoms with Crippen molar-refractivity contribution in [3.63, 3.8) is 0 Å². The number of carbonyl (C=O) groups excluding carboxylic acids is 1. The SMILES string of the molecule is CC(C)(C(N)=O)S(C)(=O)=O. The van der Waals surface area contributed by atoms with Gasteiger partial charge in [-0.15, -0.1) is 0 Å². The van der Waals surface area contributed by atoms with Crippen LogP contribution in [0.5, 0.6) is 0 Å². The summed E-state index contributed by atoms with van der Waals surface area (Å²) in [4.78, 5) is 10.5. The molecule has 0 aromatic rings. The molecule has 0 aromatic heterocycles. The van der Waals surface area contributed by atoms with Gasteiger partial charge in [0.15, 0.2) is 9.84 Å². The molecule has 0 radical (unpaired) electrons. The summed E-state index contributed by atoms with van der Waals surface area (Å²) >= 11 is 0. The Bertz CT molecular complexity index is 240. The predicted molar refractivity (Wildman–Crippen MR) is 38.1 cm³/mol. The first-order chi connectivity index (χ1) is 4.19. The third-order valence-corrected chi connectivity index (χ3v) is 3.58. The van der Waals surface area contributed by atoms with Crippen LogP contribution in [0.2, 0.25) is 0 Å². The molecule has 0 fully saturated rings. The highest BCUT2D eigenvalue weighted by Crippen LogP contribution is 2.13. The Morgan fingerprint density at radius 2 is 1.70 bits per heavy atom. The maximum absolute atomic E-state index is 10.8. The molecule has 0 heterocycles. The van der Waals surface area contributed by atoms with E-state index < -0.39 is 20.5 Å². The van der Waals surface area contributed by atoms with Gasteiger partial charge in [-0.1, -0.05) is 0 Å². The summed E-state index contributed by atoms with van der Waals surface area (Å²) < 4.78 is 20.1. The van der Waals surface area contributed by atoms with Crippen LogP contribution in [0.15, 0.2) is 0 Å². The standard InChI is InChI=1S/C5H11NO3S/c1-5(2,4(6)7)10(3,8)9/h1-3H3,(H2,6,7). The van der Waals surface area contributed by atoms with Crippen molar-refractivity contribution in [2.24, 2.45) is 5.73 Å². The van der Waals surface area contributed by atoms with Crippen LogP contribution in [-0.2, 0) is 14.6 Å². The zero-order valence-corrected chi connectivity index (χ0v) is 7.03. The van der Waals surface area contributed by atoms with Crippen molar-refractivity contribution in [2.45, 2.75) is 18.6 Å². The summed E-state index contributed by atoms with van der Waals surface area (Å²) in [6.07, 6.45) is 0.984. The molecular formula is C5H11NO3S. The van der Waals surface area contributed by atoms with E-state index in [1.807, 2.05) is 0 Å². The smallest absolute Gasteiger partial charge is 0.238 e. The average molecular weight is 165 g/mol. The van der Waals surface area contributed by atoms with Gasteiger partial charge in [-0.25, -0.2) is 8.42 Å². The molecule has 0 spiro atoms. The van der Waals surface area contributed by atoms with Crippen molar-refractivity contribution in [1.82, 2.24) is 0 Å². The first-order valence-corrected chi connectivity index (χ1v) is 4.58. The molecule has 0 aliphatic heterocycles. The summed E-state index contributed by atoms with van der Waals surface area (Å²) in [5.74, 6) is -0.824. The van der Waals surface area contributed by atoms with Crippen LogP contribution in [-0.4, -0.2) is 25.3 Å². The van der Waals surface area contributed by atoms with Gasteiger partial charge in [0, 0.05) is 6.26 Å². The molecule has 0 saturated heterocycles. The van der Waals surface area contributed by atoms with E-state index in [0.717, 1.165) is 6.26 Å². The lowest BCUT2D eigenvalue weighted by atomic mass is 10.2. The zero-order valence-electron chi connectivity index (χ0n) is 6.21. The third kappa shape index (κ3) is 1.47. The van der Waals surface area contributed by atoms with Crippen LogP contribution < -0.4 is 5.73 Å². The molecule has 4 nitrogen and oxygen atoms in total. The number of sulfone groups is 1. The van der Waals surface area contributed by atoms with E-state index in [1.165, 1.54) is 13.8 Å². The summed E-state index contributed by atoms with van der Waals surface area (Å²) in [5.41, 5.74) is 4.84. The molecule has 0 aliphatic carbocycles. The van der Waals surface area contributed by atoms with E-state index in [0.29, 0.717) is 0 Å². The fraction of sp³-hybridized carbons (Fsp3) is 0.800. The van der Waals surface area contributed by atoms with E-state index in [9.17, 15) is 13.2 Å². The second kappa shape index (κ2) is 2.23. The van der Waals surface area contributed by atoms with Crippen molar-refractivity contribution in [1.29, 1.82) is 0 Å². The predicted octanol–water partition coefficient (Wildman–Crippen LogP) is -0.705. The largest absolute Gasteiger partial charge is 0.368 e. The Labute approximate surface area is 60.3 Å². The van der Waals surface area contributed by atoms with E-state index in [1.54, 1.807) is 0 Å². The number of nitrogens with two attached hydrogens (primary N) is 1. The van der Waals surface area contributed by atoms with Crippen LogP contribution in [0.1, 0.15) is 13.8 Å². The van der Waals surface area contributed by atoms with Crippen molar-refractivity contribution < 1.29 is 13.2 Å². The molecule has 1 amide bonds. The number of amides is 1. The first-order valence-electron chi connectivity index (χ1n) is 2.69. The highest BCUT2D eigenvalue weighted by molar-refractivity contribution is 7.92. The van der Waals surface area contributed by atoms with E-state index >= 15 is 0 Å². The van der Waals surface area contributed by atoms with Gasteiger partial charge in [-0.05, 0) is 13.8 Å². The van der Waals surface area contributed by atoms with E-state index in [2.05, 4.69) is 0 Å². The van der Waals surface area contributed by atoms with Crippen LogP contribution in [0.25, 0.3) is 0 Å². The number of hydrogen-bond acceptors (Lipinski definition) is 3. The second-order valence-electron chi connectivity index (χ2n) is 2.65. The molecule has 0 aliphatic rings. The van der Waals surface area contributed by atoms with Gasteiger partial charge in [-0.2, -0.15) is 0 Å². The molecule has 0 bridgehead atoms. The van der Waals surface area contributed by atoms with Crippen LogP contribution in [0, 0.1) is 0 Å². The maximum atomic E-state index is 10.8. The quantitative estimate of drug-likeness (QED) is 0.587. The summed E-state index contributed by atoms with van der Waals surface area (Å²) in [6, 6.07) is 0. The average Bonchev–Trinajstić information content (AvgIpc) is 1.62. The molecule has 0 rings (SSSR count). The summed E-state index contributed by atoms with van der Waals surface area (Å²) in [7, 11) is -3.38. The fourth-order valence-corrected chi connectivity index (χ4v) is 0.548. The van der Waals surface area contributed by atoms with Gasteiger partial charge in [0.25, 0.3) is 0 Å². The lowest BCUT2D eigenvalue weighted by molar-refractivity contribution is -0.119. The minimum Gasteiger partial charge on any atom is -0.368 e. The van der Waals surface area contributed by atoms with Crippen LogP contribution in [0.4, 0.5) is 0 Å².